The largest absolute Gasteiger partial charge is 0.369 e. The maximum atomic E-state index is 13.7. The highest BCUT2D eigenvalue weighted by Crippen LogP contribution is 2.44. The van der Waals surface area contributed by atoms with Crippen LogP contribution in [0.2, 0.25) is 0 Å². The van der Waals surface area contributed by atoms with Crippen LogP contribution in [-0.4, -0.2) is 30.0 Å². The highest BCUT2D eigenvalue weighted by Gasteiger charge is 2.48. The summed E-state index contributed by atoms with van der Waals surface area (Å²) >= 11 is 1.57. The molecule has 0 bridgehead atoms. The van der Waals surface area contributed by atoms with Crippen molar-refractivity contribution in [1.29, 1.82) is 0 Å². The quantitative estimate of drug-likeness (QED) is 0.827. The van der Waals surface area contributed by atoms with Gasteiger partial charge in [-0.15, -0.1) is 11.8 Å². The first-order valence-electron chi connectivity index (χ1n) is 7.50. The summed E-state index contributed by atoms with van der Waals surface area (Å²) in [6, 6.07) is 7.26. The first kappa shape index (κ1) is 16.8. The predicted octanol–water partition coefficient (Wildman–Crippen LogP) is 4.10. The molecule has 4 heteroatoms. The van der Waals surface area contributed by atoms with E-state index in [4.69, 9.17) is 4.74 Å². The van der Waals surface area contributed by atoms with Gasteiger partial charge < -0.3 is 10.1 Å². The number of hydrogen-bond acceptors (Lipinski definition) is 3. The molecule has 0 aromatic heterocycles. The molecule has 118 valence electrons. The minimum absolute atomic E-state index is 0.0913. The third kappa shape index (κ3) is 3.99. The van der Waals surface area contributed by atoms with E-state index in [1.165, 1.54) is 6.07 Å². The second kappa shape index (κ2) is 6.27. The fourth-order valence-electron chi connectivity index (χ4n) is 3.37. The van der Waals surface area contributed by atoms with Gasteiger partial charge in [0.2, 0.25) is 0 Å². The average Bonchev–Trinajstić information content (AvgIpc) is 2.60. The third-order valence-electron chi connectivity index (χ3n) is 4.26. The molecule has 1 aromatic carbocycles. The standard InChI is InChI=1S/C17H26FNOS/c1-16(2)10-12(17(3,4)20-16)14(19-5)11-21-15-9-7-6-8-13(15)18/h6-9,12,14,19H,10-11H2,1-5H3. The van der Waals surface area contributed by atoms with Crippen molar-refractivity contribution in [2.75, 3.05) is 12.8 Å². The van der Waals surface area contributed by atoms with E-state index in [9.17, 15) is 4.39 Å². The van der Waals surface area contributed by atoms with Crippen molar-refractivity contribution in [3.05, 3.63) is 30.1 Å². The van der Waals surface area contributed by atoms with E-state index < -0.39 is 0 Å². The zero-order chi connectivity index (χ0) is 15.7. The Hall–Kier alpha value is -0.580. The summed E-state index contributed by atoms with van der Waals surface area (Å²) in [6.07, 6.45) is 1.02. The monoisotopic (exact) mass is 311 g/mol. The molecule has 1 N–H and O–H groups in total. The maximum absolute atomic E-state index is 13.7. The molecule has 2 rings (SSSR count). The number of nitrogens with one attached hydrogen (secondary N) is 1. The molecule has 1 heterocycles. The van der Waals surface area contributed by atoms with Gasteiger partial charge in [-0.05, 0) is 53.3 Å². The molecule has 2 nitrogen and oxygen atoms in total. The van der Waals surface area contributed by atoms with Crippen LogP contribution in [0.3, 0.4) is 0 Å². The Balaban J connectivity index is 2.05. The van der Waals surface area contributed by atoms with Crippen LogP contribution in [0, 0.1) is 11.7 Å². The van der Waals surface area contributed by atoms with Gasteiger partial charge in [-0.25, -0.2) is 4.39 Å². The molecule has 2 atom stereocenters. The molecular formula is C17H26FNOS. The molecule has 2 unspecified atom stereocenters. The first-order valence-corrected chi connectivity index (χ1v) is 8.48. The van der Waals surface area contributed by atoms with Crippen LogP contribution < -0.4 is 5.32 Å². The van der Waals surface area contributed by atoms with Gasteiger partial charge in [0.1, 0.15) is 5.82 Å². The number of rotatable bonds is 5. The van der Waals surface area contributed by atoms with Gasteiger partial charge >= 0.3 is 0 Å². The van der Waals surface area contributed by atoms with Crippen LogP contribution >= 0.6 is 11.8 Å². The highest BCUT2D eigenvalue weighted by molar-refractivity contribution is 7.99. The van der Waals surface area contributed by atoms with Gasteiger partial charge in [0.25, 0.3) is 0 Å². The summed E-state index contributed by atoms with van der Waals surface area (Å²) < 4.78 is 19.9. The van der Waals surface area contributed by atoms with E-state index in [-0.39, 0.29) is 17.0 Å². The molecule has 1 aliphatic heterocycles. The minimum Gasteiger partial charge on any atom is -0.369 e. The summed E-state index contributed by atoms with van der Waals surface area (Å²) in [5.41, 5.74) is -0.251. The molecule has 0 radical (unpaired) electrons. The normalized spacial score (nSPS) is 25.0. The maximum Gasteiger partial charge on any atom is 0.136 e. The van der Waals surface area contributed by atoms with E-state index in [1.807, 2.05) is 19.2 Å². The number of benzene rings is 1. The van der Waals surface area contributed by atoms with Crippen molar-refractivity contribution in [3.63, 3.8) is 0 Å². The zero-order valence-corrected chi connectivity index (χ0v) is 14.4. The molecular weight excluding hydrogens is 285 g/mol. The van der Waals surface area contributed by atoms with Crippen molar-refractivity contribution in [2.45, 2.75) is 56.3 Å². The second-order valence-corrected chi connectivity index (χ2v) is 7.97. The number of thioether (sulfide) groups is 1. The van der Waals surface area contributed by atoms with Gasteiger partial charge in [0.05, 0.1) is 11.2 Å². The molecule has 0 spiro atoms. The molecule has 0 amide bonds. The van der Waals surface area contributed by atoms with Crippen LogP contribution in [0.15, 0.2) is 29.2 Å². The fourth-order valence-corrected chi connectivity index (χ4v) is 4.51. The Bertz CT molecular complexity index is 489. The lowest BCUT2D eigenvalue weighted by Gasteiger charge is -2.32. The zero-order valence-electron chi connectivity index (χ0n) is 13.6. The summed E-state index contributed by atoms with van der Waals surface area (Å²) in [5.74, 6) is 1.11. The lowest BCUT2D eigenvalue weighted by atomic mass is 9.82. The van der Waals surface area contributed by atoms with Gasteiger partial charge in [-0.1, -0.05) is 12.1 Å². The van der Waals surface area contributed by atoms with Crippen LogP contribution in [0.1, 0.15) is 34.1 Å². The Labute approximate surface area is 131 Å². The van der Waals surface area contributed by atoms with E-state index >= 15 is 0 Å². The Morgan fingerprint density at radius 3 is 2.52 bits per heavy atom. The van der Waals surface area contributed by atoms with Crippen LogP contribution in [0.25, 0.3) is 0 Å². The van der Waals surface area contributed by atoms with Crippen molar-refractivity contribution < 1.29 is 9.13 Å². The van der Waals surface area contributed by atoms with E-state index in [1.54, 1.807) is 17.8 Å². The lowest BCUT2D eigenvalue weighted by Crippen LogP contribution is -2.44. The SMILES string of the molecule is CNC(CSc1ccccc1F)C1CC(C)(C)OC1(C)C. The van der Waals surface area contributed by atoms with Crippen molar-refractivity contribution in [3.8, 4) is 0 Å². The third-order valence-corrected chi connectivity index (χ3v) is 5.42. The van der Waals surface area contributed by atoms with E-state index in [2.05, 4.69) is 33.0 Å². The topological polar surface area (TPSA) is 21.3 Å². The highest BCUT2D eigenvalue weighted by atomic mass is 32.2. The van der Waals surface area contributed by atoms with Gasteiger partial charge in [0.15, 0.2) is 0 Å². The molecule has 21 heavy (non-hydrogen) atoms. The van der Waals surface area contributed by atoms with Gasteiger partial charge in [-0.2, -0.15) is 0 Å². The Kier molecular flexibility index (Phi) is 5.01. The average molecular weight is 311 g/mol. The van der Waals surface area contributed by atoms with Crippen molar-refractivity contribution in [2.24, 2.45) is 5.92 Å². The summed E-state index contributed by atoms with van der Waals surface area (Å²) in [6.45, 7) is 8.60. The van der Waals surface area contributed by atoms with E-state index in [0.29, 0.717) is 16.9 Å². The number of ether oxygens (including phenoxy) is 1. The molecule has 1 aromatic rings. The van der Waals surface area contributed by atoms with Gasteiger partial charge in [-0.3, -0.25) is 0 Å². The van der Waals surface area contributed by atoms with Gasteiger partial charge in [0, 0.05) is 22.6 Å². The molecule has 1 aliphatic rings. The molecule has 1 fully saturated rings. The number of hydrogen-bond donors (Lipinski definition) is 1. The summed E-state index contributed by atoms with van der Waals surface area (Å²) in [5, 5.41) is 3.40. The summed E-state index contributed by atoms with van der Waals surface area (Å²) in [7, 11) is 1.98. The number of halogens is 1. The second-order valence-electron chi connectivity index (χ2n) is 6.91. The van der Waals surface area contributed by atoms with Crippen molar-refractivity contribution in [1.82, 2.24) is 5.32 Å². The Morgan fingerprint density at radius 2 is 2.00 bits per heavy atom. The Morgan fingerprint density at radius 1 is 1.33 bits per heavy atom. The molecule has 0 aliphatic carbocycles. The lowest BCUT2D eigenvalue weighted by molar-refractivity contribution is -0.0767. The smallest absolute Gasteiger partial charge is 0.136 e. The summed E-state index contributed by atoms with van der Waals surface area (Å²) in [4.78, 5) is 0.716. The van der Waals surface area contributed by atoms with Crippen LogP contribution in [-0.2, 0) is 4.74 Å². The van der Waals surface area contributed by atoms with Crippen LogP contribution in [0.4, 0.5) is 4.39 Å². The first-order chi connectivity index (χ1) is 9.75. The van der Waals surface area contributed by atoms with Crippen molar-refractivity contribution >= 4 is 11.8 Å². The molecule has 1 saturated heterocycles. The molecule has 0 saturated carbocycles. The fraction of sp³-hybridized carbons (Fsp3) is 0.647. The minimum atomic E-state index is -0.160. The van der Waals surface area contributed by atoms with E-state index in [0.717, 1.165) is 12.2 Å². The van der Waals surface area contributed by atoms with Crippen LogP contribution in [0.5, 0.6) is 0 Å². The predicted molar refractivity (Wildman–Crippen MR) is 87.3 cm³/mol.